The lowest BCUT2D eigenvalue weighted by molar-refractivity contribution is 0.101. The second-order valence-electron chi connectivity index (χ2n) is 11.9. The quantitative estimate of drug-likeness (QED) is 0.0925. The molecule has 7 rings (SSSR count). The predicted molar refractivity (Wildman–Crippen MR) is 216 cm³/mol. The number of nitrogens with zero attached hydrogens (tertiary/aromatic N) is 3. The average Bonchev–Trinajstić information content (AvgIpc) is 3.62. The summed E-state index contributed by atoms with van der Waals surface area (Å²) in [5.74, 6) is -0.154. The van der Waals surface area contributed by atoms with Crippen molar-refractivity contribution in [3.05, 3.63) is 159 Å². The van der Waals surface area contributed by atoms with E-state index in [1.807, 2.05) is 0 Å². The van der Waals surface area contributed by atoms with Gasteiger partial charge in [0.25, 0.3) is 11.8 Å². The Balaban J connectivity index is 1.02. The number of carbonyl (C=O) groups excluding carboxylic acids is 2. The van der Waals surface area contributed by atoms with Crippen LogP contribution in [-0.4, -0.2) is 44.4 Å². The molecule has 0 bridgehead atoms. The summed E-state index contributed by atoms with van der Waals surface area (Å²) < 4.78 is 0. The number of para-hydroxylation sites is 2. The van der Waals surface area contributed by atoms with Crippen LogP contribution in [0.15, 0.2) is 131 Å². The number of benzene rings is 6. The van der Waals surface area contributed by atoms with Crippen LogP contribution in [0.3, 0.4) is 0 Å². The average molecular weight is 774 g/mol. The maximum atomic E-state index is 13.1. The van der Waals surface area contributed by atoms with E-state index in [1.54, 1.807) is 134 Å². The second kappa shape index (κ2) is 15.6. The minimum absolute atomic E-state index is 0.117. The van der Waals surface area contributed by atoms with Gasteiger partial charge < -0.3 is 25.8 Å². The largest absolute Gasteiger partial charge is 0.507 e. The van der Waals surface area contributed by atoms with E-state index in [2.05, 4.69) is 30.6 Å². The number of amides is 2. The number of hydrogen-bond acceptors (Lipinski definition) is 7. The number of phenols is 2. The Morgan fingerprint density at radius 1 is 0.648 bits per heavy atom. The highest BCUT2D eigenvalue weighted by atomic mass is 35.5. The van der Waals surface area contributed by atoms with Crippen molar-refractivity contribution in [1.82, 2.24) is 9.97 Å². The van der Waals surface area contributed by atoms with E-state index in [9.17, 15) is 19.8 Å². The van der Waals surface area contributed by atoms with Gasteiger partial charge in [-0.3, -0.25) is 19.6 Å². The minimum atomic E-state index is -0.429. The third-order valence-electron chi connectivity index (χ3n) is 8.24. The number of anilines is 2. The summed E-state index contributed by atoms with van der Waals surface area (Å²) in [5, 5.41) is 26.1. The number of carbonyl (C=O) groups is 2. The Bertz CT molecular complexity index is 2580. The molecule has 0 spiro atoms. The van der Waals surface area contributed by atoms with Crippen LogP contribution in [0.2, 0.25) is 15.1 Å². The number of halogens is 3. The van der Waals surface area contributed by atoms with Gasteiger partial charge in [-0.05, 0) is 97.1 Å². The molecule has 10 nitrogen and oxygen atoms in total. The molecule has 0 saturated heterocycles. The molecule has 266 valence electrons. The van der Waals surface area contributed by atoms with Crippen LogP contribution in [-0.2, 0) is 0 Å². The summed E-state index contributed by atoms with van der Waals surface area (Å²) in [4.78, 5) is 42.7. The van der Waals surface area contributed by atoms with Crippen LogP contribution >= 0.6 is 34.8 Å². The SMILES string of the molecule is O=C(Nc1ccc2nc(-c3cc(Cl)c(NC(=O)c4ccc(N=Cc5ccccc5O)cc4)c(Cl)c3)[nH]c2c1Cl)c1ccc(N=Cc2ccccc2O)cc1. The zero-order valence-corrected chi connectivity index (χ0v) is 30.2. The van der Waals surface area contributed by atoms with Crippen molar-refractivity contribution in [2.24, 2.45) is 9.98 Å². The summed E-state index contributed by atoms with van der Waals surface area (Å²) in [7, 11) is 0. The summed E-state index contributed by atoms with van der Waals surface area (Å²) in [5.41, 5.74) is 5.25. The van der Waals surface area contributed by atoms with Crippen molar-refractivity contribution < 1.29 is 19.8 Å². The number of aromatic hydroxyl groups is 2. The van der Waals surface area contributed by atoms with Crippen molar-refractivity contribution in [2.75, 3.05) is 10.6 Å². The van der Waals surface area contributed by atoms with E-state index in [0.29, 0.717) is 61.7 Å². The highest BCUT2D eigenvalue weighted by molar-refractivity contribution is 6.40. The molecule has 1 heterocycles. The van der Waals surface area contributed by atoms with Crippen LogP contribution in [0.25, 0.3) is 22.4 Å². The maximum Gasteiger partial charge on any atom is 0.255 e. The Morgan fingerprint density at radius 3 is 1.67 bits per heavy atom. The Kier molecular flexibility index (Phi) is 10.4. The van der Waals surface area contributed by atoms with Crippen LogP contribution in [0.4, 0.5) is 22.7 Å². The normalized spacial score (nSPS) is 11.4. The topological polar surface area (TPSA) is 152 Å². The number of H-pyrrole nitrogens is 1. The van der Waals surface area contributed by atoms with E-state index >= 15 is 0 Å². The van der Waals surface area contributed by atoms with Crippen LogP contribution < -0.4 is 10.6 Å². The molecule has 54 heavy (non-hydrogen) atoms. The molecule has 2 amide bonds. The fourth-order valence-corrected chi connectivity index (χ4v) is 6.20. The number of fused-ring (bicyclic) bond motifs is 1. The molecule has 0 aliphatic carbocycles. The van der Waals surface area contributed by atoms with E-state index in [1.165, 1.54) is 0 Å². The van der Waals surface area contributed by atoms with Gasteiger partial charge in [-0.25, -0.2) is 4.98 Å². The van der Waals surface area contributed by atoms with Gasteiger partial charge in [-0.1, -0.05) is 59.1 Å². The monoisotopic (exact) mass is 772 g/mol. The molecule has 5 N–H and O–H groups in total. The molecule has 6 aromatic carbocycles. The van der Waals surface area contributed by atoms with Gasteiger partial charge in [0.2, 0.25) is 0 Å². The maximum absolute atomic E-state index is 13.1. The molecule has 7 aromatic rings. The van der Waals surface area contributed by atoms with Crippen molar-refractivity contribution in [1.29, 1.82) is 0 Å². The number of nitrogens with one attached hydrogen (secondary N) is 3. The Morgan fingerprint density at radius 2 is 1.15 bits per heavy atom. The first-order valence-corrected chi connectivity index (χ1v) is 17.4. The van der Waals surface area contributed by atoms with Gasteiger partial charge in [0, 0.05) is 40.2 Å². The van der Waals surface area contributed by atoms with Gasteiger partial charge >= 0.3 is 0 Å². The number of rotatable bonds is 9. The van der Waals surface area contributed by atoms with E-state index < -0.39 is 5.91 Å². The molecule has 0 aliphatic heterocycles. The smallest absolute Gasteiger partial charge is 0.255 e. The number of aromatic amines is 1. The van der Waals surface area contributed by atoms with E-state index in [-0.39, 0.29) is 38.2 Å². The number of aromatic nitrogens is 2. The molecule has 0 saturated carbocycles. The molecular weight excluding hydrogens is 747 g/mol. The lowest BCUT2D eigenvalue weighted by Crippen LogP contribution is -2.12. The van der Waals surface area contributed by atoms with Crippen LogP contribution in [0, 0.1) is 0 Å². The van der Waals surface area contributed by atoms with E-state index in [4.69, 9.17) is 34.8 Å². The van der Waals surface area contributed by atoms with Crippen LogP contribution in [0.1, 0.15) is 31.8 Å². The van der Waals surface area contributed by atoms with Crippen molar-refractivity contribution in [2.45, 2.75) is 0 Å². The van der Waals surface area contributed by atoms with E-state index in [0.717, 1.165) is 0 Å². The first-order chi connectivity index (χ1) is 26.1. The first kappa shape index (κ1) is 35.9. The Labute approximate surface area is 323 Å². The van der Waals surface area contributed by atoms with Crippen LogP contribution in [0.5, 0.6) is 11.5 Å². The second-order valence-corrected chi connectivity index (χ2v) is 13.0. The molecule has 0 unspecified atom stereocenters. The Hall–Kier alpha value is -6.46. The third-order valence-corrected chi connectivity index (χ3v) is 9.22. The van der Waals surface area contributed by atoms with Gasteiger partial charge in [0.1, 0.15) is 17.3 Å². The van der Waals surface area contributed by atoms with Gasteiger partial charge in [-0.2, -0.15) is 0 Å². The fourth-order valence-electron chi connectivity index (χ4n) is 5.37. The first-order valence-electron chi connectivity index (χ1n) is 16.3. The van der Waals surface area contributed by atoms with Crippen molar-refractivity contribution >= 4 is 92.8 Å². The van der Waals surface area contributed by atoms with Gasteiger partial charge in [0.05, 0.1) is 48.9 Å². The van der Waals surface area contributed by atoms with Gasteiger partial charge in [-0.15, -0.1) is 0 Å². The molecule has 1 aromatic heterocycles. The minimum Gasteiger partial charge on any atom is -0.507 e. The summed E-state index contributed by atoms with van der Waals surface area (Å²) in [6.07, 6.45) is 3.09. The van der Waals surface area contributed by atoms with Crippen molar-refractivity contribution in [3.8, 4) is 22.9 Å². The molecule has 0 radical (unpaired) electrons. The number of hydrogen-bond donors (Lipinski definition) is 5. The zero-order valence-electron chi connectivity index (χ0n) is 27.9. The predicted octanol–water partition coefficient (Wildman–Crippen LogP) is 10.6. The molecule has 0 fully saturated rings. The third kappa shape index (κ3) is 7.96. The fraction of sp³-hybridized carbons (Fsp3) is 0. The summed E-state index contributed by atoms with van der Waals surface area (Å²) in [6, 6.07) is 33.5. The highest BCUT2D eigenvalue weighted by Gasteiger charge is 2.18. The standard InChI is InChI=1S/C41H27Cl3N6O4/c42-30-19-27(20-31(43)37(30)50-41(54)24-11-15-29(16-12-24)46-22-26-6-2-4-8-35(26)52)39-47-33-18-17-32(36(44)38(33)49-39)48-40(53)23-9-13-28(14-10-23)45-21-25-5-1-3-7-34(25)51/h1-22,51-52H,(H,47,49)(H,48,53)(H,50,54). The van der Waals surface area contributed by atoms with Gasteiger partial charge in [0.15, 0.2) is 0 Å². The lowest BCUT2D eigenvalue weighted by Gasteiger charge is -2.11. The molecule has 0 atom stereocenters. The zero-order chi connectivity index (χ0) is 37.8. The molecule has 13 heteroatoms. The molecular formula is C41H27Cl3N6O4. The summed E-state index contributed by atoms with van der Waals surface area (Å²) >= 11 is 20.0. The lowest BCUT2D eigenvalue weighted by atomic mass is 10.1. The van der Waals surface area contributed by atoms with Crippen molar-refractivity contribution in [3.63, 3.8) is 0 Å². The number of imidazole rings is 1. The number of phenolic OH excluding ortho intramolecular Hbond substituents is 2. The highest BCUT2D eigenvalue weighted by Crippen LogP contribution is 2.37. The molecule has 0 aliphatic rings. The summed E-state index contributed by atoms with van der Waals surface area (Å²) in [6.45, 7) is 0. The number of aliphatic imine (C=N–C) groups is 2.